The molecule has 0 aromatic carbocycles. The summed E-state index contributed by atoms with van der Waals surface area (Å²) in [4.78, 5) is 19.1. The first-order valence-electron chi connectivity index (χ1n) is 4.21. The van der Waals surface area contributed by atoms with Gasteiger partial charge in [-0.3, -0.25) is 4.79 Å². The summed E-state index contributed by atoms with van der Waals surface area (Å²) in [6.45, 7) is 0.647. The zero-order chi connectivity index (χ0) is 11.4. The lowest BCUT2D eigenvalue weighted by Gasteiger charge is -2.07. The lowest BCUT2D eigenvalue weighted by Crippen LogP contribution is -2.31. The summed E-state index contributed by atoms with van der Waals surface area (Å²) < 4.78 is 4.45. The quantitative estimate of drug-likeness (QED) is 0.241. The summed E-state index contributed by atoms with van der Waals surface area (Å²) in [5, 5.41) is 5.40. The lowest BCUT2D eigenvalue weighted by molar-refractivity contribution is -0.142. The maximum absolute atomic E-state index is 10.7. The molecular weight excluding hydrogens is 186 g/mol. The smallest absolute Gasteiger partial charge is 0.322 e. The van der Waals surface area contributed by atoms with Crippen LogP contribution in [0.1, 0.15) is 19.3 Å². The standard InChI is InChI=1S/C7H16N2O2.CHNO/c1-11-7(10)6(9)4-2-3-5-8;2-1-3/h6H,2-5,8-9H2,1H3;2H. The van der Waals surface area contributed by atoms with E-state index in [9.17, 15) is 4.79 Å². The van der Waals surface area contributed by atoms with Gasteiger partial charge in [0.25, 0.3) is 0 Å². The maximum atomic E-state index is 10.7. The molecule has 0 aliphatic carbocycles. The van der Waals surface area contributed by atoms with Gasteiger partial charge in [-0.05, 0) is 19.4 Å². The second kappa shape index (κ2) is 11.8. The number of unbranched alkanes of at least 4 members (excludes halogenated alkanes) is 1. The fraction of sp³-hybridized carbons (Fsp3) is 0.750. The first kappa shape index (κ1) is 15.3. The van der Waals surface area contributed by atoms with Gasteiger partial charge in [0.15, 0.2) is 0 Å². The lowest BCUT2D eigenvalue weighted by atomic mass is 10.1. The molecule has 6 heteroatoms. The minimum atomic E-state index is -0.480. The Bertz CT molecular complexity index is 179. The van der Waals surface area contributed by atoms with Crippen molar-refractivity contribution in [2.24, 2.45) is 11.5 Å². The Labute approximate surface area is 83.1 Å². The SMILES string of the molecule is COC(=O)C(N)CCCCN.N=C=O. The molecule has 0 bridgehead atoms. The van der Waals surface area contributed by atoms with Crippen LogP contribution in [-0.4, -0.2) is 31.7 Å². The minimum absolute atomic E-state index is 0.345. The molecule has 0 saturated heterocycles. The van der Waals surface area contributed by atoms with E-state index in [4.69, 9.17) is 21.7 Å². The van der Waals surface area contributed by atoms with Crippen LogP contribution in [0.2, 0.25) is 0 Å². The Morgan fingerprint density at radius 2 is 2.07 bits per heavy atom. The number of hydrogen-bond acceptors (Lipinski definition) is 6. The third-order valence-corrected chi connectivity index (χ3v) is 1.47. The maximum Gasteiger partial charge on any atom is 0.322 e. The Hall–Kier alpha value is -1.23. The number of isocyanates is 1. The van der Waals surface area contributed by atoms with E-state index >= 15 is 0 Å². The van der Waals surface area contributed by atoms with E-state index in [-0.39, 0.29) is 5.97 Å². The molecular formula is C8H17N3O3. The molecule has 82 valence electrons. The molecule has 5 N–H and O–H groups in total. The fourth-order valence-corrected chi connectivity index (χ4v) is 0.778. The number of carbonyl (C=O) groups excluding carboxylic acids is 2. The average molecular weight is 203 g/mol. The second-order valence-corrected chi connectivity index (χ2v) is 2.52. The topological polar surface area (TPSA) is 119 Å². The number of carbonyl (C=O) groups is 1. The van der Waals surface area contributed by atoms with Crippen LogP contribution < -0.4 is 11.5 Å². The molecule has 0 aromatic rings. The van der Waals surface area contributed by atoms with Gasteiger partial charge < -0.3 is 16.2 Å². The molecule has 0 amide bonds. The van der Waals surface area contributed by atoms with E-state index in [1.54, 1.807) is 0 Å². The number of esters is 1. The largest absolute Gasteiger partial charge is 0.468 e. The highest BCUT2D eigenvalue weighted by atomic mass is 16.5. The van der Waals surface area contributed by atoms with E-state index in [0.29, 0.717) is 13.0 Å². The first-order valence-corrected chi connectivity index (χ1v) is 4.21. The fourth-order valence-electron chi connectivity index (χ4n) is 0.778. The monoisotopic (exact) mass is 203 g/mol. The van der Waals surface area contributed by atoms with Crippen molar-refractivity contribution in [3.05, 3.63) is 0 Å². The van der Waals surface area contributed by atoms with E-state index in [2.05, 4.69) is 4.74 Å². The van der Waals surface area contributed by atoms with Gasteiger partial charge in [-0.15, -0.1) is 0 Å². The highest BCUT2D eigenvalue weighted by Crippen LogP contribution is 1.98. The summed E-state index contributed by atoms with van der Waals surface area (Å²) in [5.74, 6) is -0.345. The van der Waals surface area contributed by atoms with Gasteiger partial charge in [0.1, 0.15) is 6.04 Å². The van der Waals surface area contributed by atoms with Crippen LogP contribution in [0.5, 0.6) is 0 Å². The van der Waals surface area contributed by atoms with Crippen LogP contribution in [0.4, 0.5) is 0 Å². The highest BCUT2D eigenvalue weighted by molar-refractivity contribution is 5.75. The molecule has 0 aliphatic heterocycles. The van der Waals surface area contributed by atoms with Crippen molar-refractivity contribution in [1.29, 1.82) is 5.41 Å². The summed E-state index contributed by atoms with van der Waals surface area (Å²) in [6, 6.07) is -0.480. The second-order valence-electron chi connectivity index (χ2n) is 2.52. The van der Waals surface area contributed by atoms with Crippen LogP contribution in [0.25, 0.3) is 0 Å². The van der Waals surface area contributed by atoms with Gasteiger partial charge in [-0.25, -0.2) is 10.2 Å². The molecule has 0 aromatic heterocycles. The molecule has 14 heavy (non-hydrogen) atoms. The molecule has 0 heterocycles. The zero-order valence-corrected chi connectivity index (χ0v) is 8.29. The molecule has 0 fully saturated rings. The number of rotatable bonds is 5. The number of nitrogens with one attached hydrogen (secondary N) is 1. The van der Waals surface area contributed by atoms with Crippen molar-refractivity contribution in [1.82, 2.24) is 0 Å². The van der Waals surface area contributed by atoms with Crippen molar-refractivity contribution in [3.63, 3.8) is 0 Å². The Morgan fingerprint density at radius 3 is 2.43 bits per heavy atom. The summed E-state index contributed by atoms with van der Waals surface area (Å²) >= 11 is 0. The van der Waals surface area contributed by atoms with Crippen molar-refractivity contribution in [2.45, 2.75) is 25.3 Å². The van der Waals surface area contributed by atoms with E-state index < -0.39 is 6.04 Å². The van der Waals surface area contributed by atoms with E-state index in [0.717, 1.165) is 18.9 Å². The van der Waals surface area contributed by atoms with Crippen molar-refractivity contribution < 1.29 is 14.3 Å². The first-order chi connectivity index (χ1) is 6.63. The molecule has 6 nitrogen and oxygen atoms in total. The van der Waals surface area contributed by atoms with Crippen LogP contribution in [0.15, 0.2) is 0 Å². The number of hydrogen-bond donors (Lipinski definition) is 3. The summed E-state index contributed by atoms with van der Waals surface area (Å²) in [6.07, 6.45) is 3.20. The van der Waals surface area contributed by atoms with Crippen molar-refractivity contribution >= 4 is 12.0 Å². The molecule has 0 radical (unpaired) electrons. The molecule has 1 atom stereocenters. The number of nitrogens with two attached hydrogens (primary N) is 2. The molecule has 0 spiro atoms. The molecule has 1 unspecified atom stereocenters. The third-order valence-electron chi connectivity index (χ3n) is 1.47. The van der Waals surface area contributed by atoms with Gasteiger partial charge in [0.2, 0.25) is 6.08 Å². The number of methoxy groups -OCH3 is 1. The number of ether oxygens (including phenoxy) is 1. The molecule has 0 saturated carbocycles. The Kier molecular flexibility index (Phi) is 12.8. The van der Waals surface area contributed by atoms with Crippen molar-refractivity contribution in [2.75, 3.05) is 13.7 Å². The third kappa shape index (κ3) is 10.8. The average Bonchev–Trinajstić information content (AvgIpc) is 2.18. The normalized spacial score (nSPS) is 10.5. The summed E-state index contributed by atoms with van der Waals surface area (Å²) in [5.41, 5.74) is 10.7. The Morgan fingerprint density at radius 1 is 1.57 bits per heavy atom. The van der Waals surface area contributed by atoms with Crippen LogP contribution in [0.3, 0.4) is 0 Å². The van der Waals surface area contributed by atoms with Gasteiger partial charge >= 0.3 is 5.97 Å². The van der Waals surface area contributed by atoms with E-state index in [1.807, 2.05) is 0 Å². The highest BCUT2D eigenvalue weighted by Gasteiger charge is 2.11. The predicted octanol–water partition coefficient (Wildman–Crippen LogP) is -0.483. The van der Waals surface area contributed by atoms with Gasteiger partial charge in [-0.2, -0.15) is 0 Å². The predicted molar refractivity (Wildman–Crippen MR) is 51.3 cm³/mol. The summed E-state index contributed by atoms with van der Waals surface area (Å²) in [7, 11) is 1.34. The Balaban J connectivity index is 0. The molecule has 0 aliphatic rings. The van der Waals surface area contributed by atoms with E-state index in [1.165, 1.54) is 7.11 Å². The van der Waals surface area contributed by atoms with Crippen LogP contribution >= 0.6 is 0 Å². The van der Waals surface area contributed by atoms with Gasteiger partial charge in [-0.1, -0.05) is 6.42 Å². The van der Waals surface area contributed by atoms with Gasteiger partial charge in [0.05, 0.1) is 7.11 Å². The van der Waals surface area contributed by atoms with Crippen molar-refractivity contribution in [3.8, 4) is 0 Å². The van der Waals surface area contributed by atoms with Crippen LogP contribution in [-0.2, 0) is 14.3 Å². The molecule has 0 rings (SSSR count). The van der Waals surface area contributed by atoms with Crippen LogP contribution in [0, 0.1) is 5.41 Å². The van der Waals surface area contributed by atoms with Gasteiger partial charge in [0, 0.05) is 0 Å². The minimum Gasteiger partial charge on any atom is -0.468 e. The zero-order valence-electron chi connectivity index (χ0n) is 8.29.